The Morgan fingerprint density at radius 2 is 1.93 bits per heavy atom. The Kier molecular flexibility index (Phi) is 6.79. The minimum absolute atomic E-state index is 0.0851. The number of amides is 1. The van der Waals surface area contributed by atoms with Crippen LogP contribution < -0.4 is 10.2 Å². The van der Waals surface area contributed by atoms with E-state index in [1.165, 1.54) is 5.56 Å². The van der Waals surface area contributed by atoms with Crippen LogP contribution in [0.5, 0.6) is 0 Å². The van der Waals surface area contributed by atoms with Gasteiger partial charge in [0, 0.05) is 46.0 Å². The third-order valence-corrected chi connectivity index (χ3v) is 4.83. The van der Waals surface area contributed by atoms with E-state index < -0.39 is 0 Å². The molecular weight excluding hydrogens is 340 g/mol. The van der Waals surface area contributed by atoms with E-state index in [2.05, 4.69) is 39.5 Å². The minimum atomic E-state index is -0.0851. The molecule has 0 saturated carbocycles. The van der Waals surface area contributed by atoms with Crippen LogP contribution in [0, 0.1) is 0 Å². The van der Waals surface area contributed by atoms with Gasteiger partial charge in [0.05, 0.1) is 18.8 Å². The molecule has 6 nitrogen and oxygen atoms in total. The zero-order valence-corrected chi connectivity index (χ0v) is 16.1. The lowest BCUT2D eigenvalue weighted by atomic mass is 10.0. The van der Waals surface area contributed by atoms with Crippen LogP contribution in [0.2, 0.25) is 0 Å². The van der Waals surface area contributed by atoms with Gasteiger partial charge in [-0.1, -0.05) is 30.3 Å². The fourth-order valence-corrected chi connectivity index (χ4v) is 3.40. The predicted molar refractivity (Wildman–Crippen MR) is 107 cm³/mol. The summed E-state index contributed by atoms with van der Waals surface area (Å²) in [6, 6.07) is 14.3. The van der Waals surface area contributed by atoms with E-state index in [1.54, 1.807) is 12.3 Å². The van der Waals surface area contributed by atoms with Crippen molar-refractivity contribution in [1.29, 1.82) is 0 Å². The highest BCUT2D eigenvalue weighted by molar-refractivity contribution is 5.98. The first-order chi connectivity index (χ1) is 13.1. The smallest absolute Gasteiger partial charge is 0.255 e. The standard InChI is InChI=1S/C21H28N4O2/c1-24(2)20-19(9-6-10-22-20)21(26)23-16-18(25-11-13-27-14-12-25)15-17-7-4-3-5-8-17/h3-10,18H,11-16H2,1-2H3,(H,23,26). The first kappa shape index (κ1) is 19.3. The van der Waals surface area contributed by atoms with Gasteiger partial charge < -0.3 is 15.0 Å². The number of benzene rings is 1. The van der Waals surface area contributed by atoms with Gasteiger partial charge in [-0.3, -0.25) is 9.69 Å². The molecule has 2 aromatic rings. The second-order valence-electron chi connectivity index (χ2n) is 6.97. The largest absolute Gasteiger partial charge is 0.379 e. The summed E-state index contributed by atoms with van der Waals surface area (Å²) >= 11 is 0. The molecule has 0 radical (unpaired) electrons. The first-order valence-electron chi connectivity index (χ1n) is 9.41. The average Bonchev–Trinajstić information content (AvgIpc) is 2.72. The highest BCUT2D eigenvalue weighted by atomic mass is 16.5. The molecule has 1 unspecified atom stereocenters. The Balaban J connectivity index is 1.69. The number of aromatic nitrogens is 1. The molecule has 27 heavy (non-hydrogen) atoms. The fourth-order valence-electron chi connectivity index (χ4n) is 3.40. The van der Waals surface area contributed by atoms with Gasteiger partial charge in [0.25, 0.3) is 5.91 Å². The number of hydrogen-bond donors (Lipinski definition) is 1. The lowest BCUT2D eigenvalue weighted by Crippen LogP contribution is -2.49. The van der Waals surface area contributed by atoms with Crippen LogP contribution in [-0.4, -0.2) is 68.8 Å². The average molecular weight is 368 g/mol. The molecule has 1 aliphatic rings. The summed E-state index contributed by atoms with van der Waals surface area (Å²) in [7, 11) is 3.79. The Labute approximate surface area is 161 Å². The number of morpholine rings is 1. The number of anilines is 1. The highest BCUT2D eigenvalue weighted by Gasteiger charge is 2.23. The van der Waals surface area contributed by atoms with Crippen LogP contribution in [0.25, 0.3) is 0 Å². The van der Waals surface area contributed by atoms with Gasteiger partial charge in [-0.25, -0.2) is 4.98 Å². The van der Waals surface area contributed by atoms with E-state index in [1.807, 2.05) is 31.1 Å². The monoisotopic (exact) mass is 368 g/mol. The third kappa shape index (κ3) is 5.28. The molecule has 1 aromatic heterocycles. The van der Waals surface area contributed by atoms with Crippen LogP contribution in [0.3, 0.4) is 0 Å². The number of pyridine rings is 1. The molecule has 1 aromatic carbocycles. The van der Waals surface area contributed by atoms with Gasteiger partial charge in [-0.15, -0.1) is 0 Å². The maximum absolute atomic E-state index is 12.8. The Bertz CT molecular complexity index is 730. The normalized spacial score (nSPS) is 15.9. The van der Waals surface area contributed by atoms with Gasteiger partial charge in [0.15, 0.2) is 0 Å². The minimum Gasteiger partial charge on any atom is -0.379 e. The SMILES string of the molecule is CN(C)c1ncccc1C(=O)NCC(Cc1ccccc1)N1CCOCC1. The van der Waals surface area contributed by atoms with Crippen LogP contribution in [-0.2, 0) is 11.2 Å². The number of carbonyl (C=O) groups is 1. The number of nitrogens with zero attached hydrogens (tertiary/aromatic N) is 3. The molecule has 1 aliphatic heterocycles. The van der Waals surface area contributed by atoms with Crippen molar-refractivity contribution in [2.45, 2.75) is 12.5 Å². The lowest BCUT2D eigenvalue weighted by Gasteiger charge is -2.34. The molecule has 1 saturated heterocycles. The number of rotatable bonds is 7. The number of hydrogen-bond acceptors (Lipinski definition) is 5. The predicted octanol–water partition coefficient (Wildman–Crippen LogP) is 1.82. The van der Waals surface area contributed by atoms with Crippen LogP contribution in [0.1, 0.15) is 15.9 Å². The molecule has 1 amide bonds. The van der Waals surface area contributed by atoms with Crippen molar-refractivity contribution in [2.75, 3.05) is 51.8 Å². The van der Waals surface area contributed by atoms with Crippen molar-refractivity contribution >= 4 is 11.7 Å². The van der Waals surface area contributed by atoms with Crippen LogP contribution in [0.4, 0.5) is 5.82 Å². The fraction of sp³-hybridized carbons (Fsp3) is 0.429. The quantitative estimate of drug-likeness (QED) is 0.808. The molecular formula is C21H28N4O2. The zero-order chi connectivity index (χ0) is 19.1. The van der Waals surface area contributed by atoms with Gasteiger partial charge in [-0.05, 0) is 24.1 Å². The van der Waals surface area contributed by atoms with Crippen molar-refractivity contribution in [1.82, 2.24) is 15.2 Å². The van der Waals surface area contributed by atoms with E-state index in [9.17, 15) is 4.79 Å². The Morgan fingerprint density at radius 1 is 1.19 bits per heavy atom. The van der Waals surface area contributed by atoms with E-state index in [0.29, 0.717) is 17.9 Å². The lowest BCUT2D eigenvalue weighted by molar-refractivity contribution is 0.0167. The Hall–Kier alpha value is -2.44. The molecule has 3 rings (SSSR count). The number of carbonyl (C=O) groups excluding carboxylic acids is 1. The molecule has 0 bridgehead atoms. The molecule has 0 spiro atoms. The van der Waals surface area contributed by atoms with Gasteiger partial charge in [0.2, 0.25) is 0 Å². The molecule has 1 atom stereocenters. The summed E-state index contributed by atoms with van der Waals surface area (Å²) in [4.78, 5) is 21.4. The summed E-state index contributed by atoms with van der Waals surface area (Å²) in [6.07, 6.45) is 2.60. The van der Waals surface area contributed by atoms with Crippen molar-refractivity contribution < 1.29 is 9.53 Å². The Morgan fingerprint density at radius 3 is 2.63 bits per heavy atom. The molecule has 2 heterocycles. The summed E-state index contributed by atoms with van der Waals surface area (Å²) in [5.74, 6) is 0.596. The van der Waals surface area contributed by atoms with Gasteiger partial charge in [-0.2, -0.15) is 0 Å². The first-order valence-corrected chi connectivity index (χ1v) is 9.41. The van der Waals surface area contributed by atoms with E-state index in [4.69, 9.17) is 4.74 Å². The molecule has 0 aliphatic carbocycles. The molecule has 1 fully saturated rings. The summed E-state index contributed by atoms with van der Waals surface area (Å²) in [5.41, 5.74) is 1.88. The third-order valence-electron chi connectivity index (χ3n) is 4.83. The number of ether oxygens (including phenoxy) is 1. The number of nitrogens with one attached hydrogen (secondary N) is 1. The highest BCUT2D eigenvalue weighted by Crippen LogP contribution is 2.15. The molecule has 1 N–H and O–H groups in total. The van der Waals surface area contributed by atoms with Crippen molar-refractivity contribution in [3.63, 3.8) is 0 Å². The molecule has 6 heteroatoms. The van der Waals surface area contributed by atoms with Gasteiger partial charge >= 0.3 is 0 Å². The van der Waals surface area contributed by atoms with Crippen LogP contribution in [0.15, 0.2) is 48.7 Å². The van der Waals surface area contributed by atoms with Crippen molar-refractivity contribution in [3.05, 3.63) is 59.8 Å². The molecule has 144 valence electrons. The maximum atomic E-state index is 12.8. The summed E-state index contributed by atoms with van der Waals surface area (Å²) < 4.78 is 5.49. The summed E-state index contributed by atoms with van der Waals surface area (Å²) in [6.45, 7) is 3.86. The van der Waals surface area contributed by atoms with E-state index in [0.717, 1.165) is 32.7 Å². The second kappa shape index (κ2) is 9.48. The summed E-state index contributed by atoms with van der Waals surface area (Å²) in [5, 5.41) is 3.12. The topological polar surface area (TPSA) is 57.7 Å². The maximum Gasteiger partial charge on any atom is 0.255 e. The zero-order valence-electron chi connectivity index (χ0n) is 16.1. The van der Waals surface area contributed by atoms with Crippen molar-refractivity contribution in [3.8, 4) is 0 Å². The van der Waals surface area contributed by atoms with E-state index in [-0.39, 0.29) is 11.9 Å². The van der Waals surface area contributed by atoms with E-state index >= 15 is 0 Å². The van der Waals surface area contributed by atoms with Crippen LogP contribution >= 0.6 is 0 Å². The van der Waals surface area contributed by atoms with Crippen molar-refractivity contribution in [2.24, 2.45) is 0 Å². The second-order valence-corrected chi connectivity index (χ2v) is 6.97. The van der Waals surface area contributed by atoms with Gasteiger partial charge in [0.1, 0.15) is 5.82 Å².